The summed E-state index contributed by atoms with van der Waals surface area (Å²) in [5, 5.41) is 3.10. The van der Waals surface area contributed by atoms with Gasteiger partial charge < -0.3 is 10.1 Å². The summed E-state index contributed by atoms with van der Waals surface area (Å²) in [4.78, 5) is 39.2. The van der Waals surface area contributed by atoms with Gasteiger partial charge in [0.25, 0.3) is 5.56 Å². The van der Waals surface area contributed by atoms with Gasteiger partial charge in [-0.1, -0.05) is 26.0 Å². The lowest BCUT2D eigenvalue weighted by Crippen LogP contribution is -2.45. The van der Waals surface area contributed by atoms with Gasteiger partial charge in [0, 0.05) is 18.8 Å². The summed E-state index contributed by atoms with van der Waals surface area (Å²) in [6.07, 6.45) is 1.29. The molecule has 0 bridgehead atoms. The minimum Gasteiger partial charge on any atom is -0.466 e. The standard InChI is InChI=1S/C22H26FN3O4/c1-5-11-25-19-18(20(27)26(12-6-2)22(25)29)17(14-7-9-15(23)10-8-14)16(13(3)24-19)21(28)30-4/h7-10,17,24H,5-6,11-12H2,1-4H3. The maximum absolute atomic E-state index is 13.6. The molecule has 30 heavy (non-hydrogen) atoms. The number of hydrogen-bond acceptors (Lipinski definition) is 5. The molecule has 0 amide bonds. The number of aromatic nitrogens is 2. The Morgan fingerprint density at radius 3 is 2.27 bits per heavy atom. The van der Waals surface area contributed by atoms with Gasteiger partial charge in [0.15, 0.2) is 0 Å². The molecule has 0 saturated carbocycles. The molecule has 160 valence electrons. The number of carbonyl (C=O) groups excluding carboxylic acids is 1. The van der Waals surface area contributed by atoms with Crippen LogP contribution < -0.4 is 16.6 Å². The van der Waals surface area contributed by atoms with Crippen molar-refractivity contribution in [2.24, 2.45) is 0 Å². The number of methoxy groups -OCH3 is 1. The van der Waals surface area contributed by atoms with Gasteiger partial charge >= 0.3 is 11.7 Å². The Kier molecular flexibility index (Phi) is 6.24. The van der Waals surface area contributed by atoms with E-state index in [2.05, 4.69) is 5.32 Å². The van der Waals surface area contributed by atoms with E-state index in [1.807, 2.05) is 13.8 Å². The highest BCUT2D eigenvalue weighted by Crippen LogP contribution is 2.40. The van der Waals surface area contributed by atoms with Gasteiger partial charge in [-0.25, -0.2) is 14.0 Å². The zero-order chi connectivity index (χ0) is 22.0. The number of ether oxygens (including phenoxy) is 1. The van der Waals surface area contributed by atoms with Crippen molar-refractivity contribution in [1.82, 2.24) is 9.13 Å². The molecule has 1 aliphatic heterocycles. The predicted octanol–water partition coefficient (Wildman–Crippen LogP) is 2.97. The Balaban J connectivity index is 2.42. The largest absolute Gasteiger partial charge is 0.466 e. The second-order valence-electron chi connectivity index (χ2n) is 7.29. The van der Waals surface area contributed by atoms with E-state index in [0.717, 1.165) is 0 Å². The van der Waals surface area contributed by atoms with Crippen LogP contribution in [0.2, 0.25) is 0 Å². The monoisotopic (exact) mass is 415 g/mol. The van der Waals surface area contributed by atoms with E-state index in [-0.39, 0.29) is 23.4 Å². The Morgan fingerprint density at radius 2 is 1.70 bits per heavy atom. The lowest BCUT2D eigenvalue weighted by Gasteiger charge is -2.31. The van der Waals surface area contributed by atoms with Crippen LogP contribution in [0.15, 0.2) is 45.1 Å². The summed E-state index contributed by atoms with van der Waals surface area (Å²) in [5.74, 6) is -1.42. The summed E-state index contributed by atoms with van der Waals surface area (Å²) in [5.41, 5.74) is 0.760. The topological polar surface area (TPSA) is 82.3 Å². The number of carbonyl (C=O) groups is 1. The number of halogens is 1. The fourth-order valence-corrected chi connectivity index (χ4v) is 3.94. The second-order valence-corrected chi connectivity index (χ2v) is 7.29. The molecule has 8 heteroatoms. The Morgan fingerprint density at radius 1 is 1.10 bits per heavy atom. The van der Waals surface area contributed by atoms with Crippen molar-refractivity contribution < 1.29 is 13.9 Å². The van der Waals surface area contributed by atoms with Crippen LogP contribution in [0, 0.1) is 5.82 Å². The van der Waals surface area contributed by atoms with Gasteiger partial charge in [0.05, 0.1) is 24.2 Å². The summed E-state index contributed by atoms with van der Waals surface area (Å²) < 4.78 is 21.3. The van der Waals surface area contributed by atoms with Crippen LogP contribution in [0.5, 0.6) is 0 Å². The molecule has 3 rings (SSSR count). The van der Waals surface area contributed by atoms with E-state index >= 15 is 0 Å². The molecule has 0 aliphatic carbocycles. The molecule has 1 atom stereocenters. The van der Waals surface area contributed by atoms with Gasteiger partial charge in [0.1, 0.15) is 11.6 Å². The molecular formula is C22H26FN3O4. The first-order valence-corrected chi connectivity index (χ1v) is 10.0. The first-order chi connectivity index (χ1) is 14.3. The lowest BCUT2D eigenvalue weighted by molar-refractivity contribution is -0.136. The van der Waals surface area contributed by atoms with Crippen LogP contribution in [0.25, 0.3) is 0 Å². The van der Waals surface area contributed by atoms with Crippen molar-refractivity contribution in [3.8, 4) is 0 Å². The smallest absolute Gasteiger partial charge is 0.336 e. The van der Waals surface area contributed by atoms with E-state index < -0.39 is 23.3 Å². The minimum atomic E-state index is -0.784. The summed E-state index contributed by atoms with van der Waals surface area (Å²) in [6, 6.07) is 5.66. The van der Waals surface area contributed by atoms with Gasteiger partial charge in [-0.15, -0.1) is 0 Å². The van der Waals surface area contributed by atoms with E-state index in [1.165, 1.54) is 23.8 Å². The highest BCUT2D eigenvalue weighted by Gasteiger charge is 2.37. The van der Waals surface area contributed by atoms with Crippen molar-refractivity contribution in [2.45, 2.75) is 52.6 Å². The fraction of sp³-hybridized carbons (Fsp3) is 0.409. The highest BCUT2D eigenvalue weighted by molar-refractivity contribution is 5.94. The minimum absolute atomic E-state index is 0.262. The predicted molar refractivity (Wildman–Crippen MR) is 112 cm³/mol. The van der Waals surface area contributed by atoms with Crippen LogP contribution in [0.3, 0.4) is 0 Å². The van der Waals surface area contributed by atoms with Gasteiger partial charge in [-0.2, -0.15) is 0 Å². The molecular weight excluding hydrogens is 389 g/mol. The van der Waals surface area contributed by atoms with Crippen LogP contribution in [0.4, 0.5) is 10.2 Å². The Labute approximate surface area is 173 Å². The first kappa shape index (κ1) is 21.5. The molecule has 2 heterocycles. The summed E-state index contributed by atoms with van der Waals surface area (Å²) in [6.45, 7) is 6.20. The van der Waals surface area contributed by atoms with E-state index in [0.29, 0.717) is 36.5 Å². The molecule has 1 aromatic carbocycles. The van der Waals surface area contributed by atoms with Crippen molar-refractivity contribution in [1.29, 1.82) is 0 Å². The molecule has 0 spiro atoms. The molecule has 1 unspecified atom stereocenters. The normalized spacial score (nSPS) is 15.6. The third kappa shape index (κ3) is 3.58. The zero-order valence-corrected chi connectivity index (χ0v) is 17.6. The molecule has 0 fully saturated rings. The average Bonchev–Trinajstić information content (AvgIpc) is 2.73. The quantitative estimate of drug-likeness (QED) is 0.734. The number of nitrogens with one attached hydrogen (secondary N) is 1. The SMILES string of the molecule is CCCn1c2c(c(=O)n(CCC)c1=O)C(c1ccc(F)cc1)C(C(=O)OC)=C(C)N2. The highest BCUT2D eigenvalue weighted by atomic mass is 19.1. The van der Waals surface area contributed by atoms with Crippen LogP contribution >= 0.6 is 0 Å². The molecule has 7 nitrogen and oxygen atoms in total. The molecule has 1 aliphatic rings. The number of benzene rings is 1. The van der Waals surface area contributed by atoms with Crippen LogP contribution in [-0.2, 0) is 22.6 Å². The third-order valence-corrected chi connectivity index (χ3v) is 5.25. The van der Waals surface area contributed by atoms with Gasteiger partial charge in [-0.05, 0) is 37.5 Å². The Hall–Kier alpha value is -3.16. The van der Waals surface area contributed by atoms with Gasteiger partial charge in [-0.3, -0.25) is 13.9 Å². The van der Waals surface area contributed by atoms with Crippen molar-refractivity contribution in [3.05, 3.63) is 73.3 Å². The average molecular weight is 415 g/mol. The van der Waals surface area contributed by atoms with Gasteiger partial charge in [0.2, 0.25) is 0 Å². The molecule has 2 aromatic rings. The molecule has 0 radical (unpaired) electrons. The molecule has 0 saturated heterocycles. The number of fused-ring (bicyclic) bond motifs is 1. The van der Waals surface area contributed by atoms with Crippen molar-refractivity contribution >= 4 is 11.8 Å². The van der Waals surface area contributed by atoms with E-state index in [4.69, 9.17) is 4.74 Å². The third-order valence-electron chi connectivity index (χ3n) is 5.25. The number of allylic oxidation sites excluding steroid dienone is 1. The van der Waals surface area contributed by atoms with E-state index in [1.54, 1.807) is 23.6 Å². The fourth-order valence-electron chi connectivity index (χ4n) is 3.94. The van der Waals surface area contributed by atoms with Crippen LogP contribution in [0.1, 0.15) is 50.7 Å². The molecule has 1 N–H and O–H groups in total. The number of esters is 1. The Bertz CT molecular complexity index is 1110. The van der Waals surface area contributed by atoms with E-state index in [9.17, 15) is 18.8 Å². The maximum atomic E-state index is 13.6. The zero-order valence-electron chi connectivity index (χ0n) is 17.6. The first-order valence-electron chi connectivity index (χ1n) is 10.0. The maximum Gasteiger partial charge on any atom is 0.336 e. The number of hydrogen-bond donors (Lipinski definition) is 1. The lowest BCUT2D eigenvalue weighted by atomic mass is 9.82. The molecule has 1 aromatic heterocycles. The number of rotatable bonds is 6. The number of nitrogens with zero attached hydrogens (tertiary/aromatic N) is 2. The summed E-state index contributed by atoms with van der Waals surface area (Å²) >= 11 is 0. The van der Waals surface area contributed by atoms with Crippen molar-refractivity contribution in [3.63, 3.8) is 0 Å². The summed E-state index contributed by atoms with van der Waals surface area (Å²) in [7, 11) is 1.27. The number of anilines is 1. The second kappa shape index (κ2) is 8.69. The van der Waals surface area contributed by atoms with Crippen molar-refractivity contribution in [2.75, 3.05) is 12.4 Å². The van der Waals surface area contributed by atoms with Crippen LogP contribution in [-0.4, -0.2) is 22.2 Å².